The first-order chi connectivity index (χ1) is 12.6. The van der Waals surface area contributed by atoms with Crippen molar-refractivity contribution < 1.29 is 9.90 Å². The van der Waals surface area contributed by atoms with Crippen LogP contribution in [0.1, 0.15) is 53.8 Å². The summed E-state index contributed by atoms with van der Waals surface area (Å²) >= 11 is 0. The van der Waals surface area contributed by atoms with Gasteiger partial charge in [0.1, 0.15) is 5.69 Å². The predicted molar refractivity (Wildman–Crippen MR) is 101 cm³/mol. The Bertz CT molecular complexity index is 792. The predicted octanol–water partition coefficient (Wildman–Crippen LogP) is 3.68. The molecule has 1 amide bonds. The number of likely N-dealkylation sites (tertiary alicyclic amines) is 1. The van der Waals surface area contributed by atoms with Crippen molar-refractivity contribution in [2.24, 2.45) is 5.92 Å². The molecular weight excluding hydrogens is 324 g/mol. The summed E-state index contributed by atoms with van der Waals surface area (Å²) in [5.41, 5.74) is 1.51. The van der Waals surface area contributed by atoms with E-state index in [0.29, 0.717) is 18.7 Å². The third-order valence-electron chi connectivity index (χ3n) is 6.12. The molecular formula is C22H26N2O2. The number of carbonyl (C=O) groups is 1. The molecule has 2 heterocycles. The molecule has 4 rings (SSSR count). The Hall–Kier alpha value is -2.20. The van der Waals surface area contributed by atoms with Crippen molar-refractivity contribution >= 4 is 5.91 Å². The van der Waals surface area contributed by atoms with Crippen LogP contribution in [0.5, 0.6) is 0 Å². The van der Waals surface area contributed by atoms with Gasteiger partial charge < -0.3 is 10.0 Å². The summed E-state index contributed by atoms with van der Waals surface area (Å²) in [5, 5.41) is 11.6. The molecule has 4 heteroatoms. The molecule has 4 nitrogen and oxygen atoms in total. The van der Waals surface area contributed by atoms with Gasteiger partial charge in [0.25, 0.3) is 5.91 Å². The minimum absolute atomic E-state index is 0.000659. The number of carbonyl (C=O) groups excluding carboxylic acids is 1. The number of benzene rings is 1. The second kappa shape index (κ2) is 6.84. The fourth-order valence-electron chi connectivity index (χ4n) is 4.83. The average Bonchev–Trinajstić information content (AvgIpc) is 2.69. The van der Waals surface area contributed by atoms with E-state index in [9.17, 15) is 9.90 Å². The molecule has 1 aliphatic heterocycles. The highest BCUT2D eigenvalue weighted by atomic mass is 16.3. The van der Waals surface area contributed by atoms with Gasteiger partial charge in [-0.1, -0.05) is 49.2 Å². The van der Waals surface area contributed by atoms with Crippen LogP contribution in [0.3, 0.4) is 0 Å². The molecule has 1 saturated carbocycles. The highest BCUT2D eigenvalue weighted by Crippen LogP contribution is 2.47. The van der Waals surface area contributed by atoms with Gasteiger partial charge in [0.05, 0.1) is 5.60 Å². The molecule has 26 heavy (non-hydrogen) atoms. The first-order valence-electron chi connectivity index (χ1n) is 9.62. The molecule has 3 atom stereocenters. The lowest BCUT2D eigenvalue weighted by Crippen LogP contribution is -2.59. The Morgan fingerprint density at radius 2 is 1.88 bits per heavy atom. The minimum atomic E-state index is -0.844. The van der Waals surface area contributed by atoms with Gasteiger partial charge in [-0.2, -0.15) is 0 Å². The van der Waals surface area contributed by atoms with Crippen LogP contribution in [-0.4, -0.2) is 33.5 Å². The van der Waals surface area contributed by atoms with E-state index >= 15 is 0 Å². The first-order valence-corrected chi connectivity index (χ1v) is 9.62. The lowest BCUT2D eigenvalue weighted by molar-refractivity contribution is -0.110. The van der Waals surface area contributed by atoms with Crippen LogP contribution < -0.4 is 0 Å². The van der Waals surface area contributed by atoms with Crippen molar-refractivity contribution in [3.8, 4) is 0 Å². The second-order valence-electron chi connectivity index (χ2n) is 7.66. The van der Waals surface area contributed by atoms with Crippen molar-refractivity contribution in [3.63, 3.8) is 0 Å². The number of amides is 1. The van der Waals surface area contributed by atoms with Gasteiger partial charge in [-0.15, -0.1) is 0 Å². The topological polar surface area (TPSA) is 53.4 Å². The normalized spacial score (nSPS) is 28.5. The van der Waals surface area contributed by atoms with Crippen molar-refractivity contribution in [2.45, 2.75) is 50.7 Å². The maximum atomic E-state index is 13.1. The zero-order valence-corrected chi connectivity index (χ0v) is 15.3. The highest BCUT2D eigenvalue weighted by Gasteiger charge is 2.50. The number of pyridine rings is 1. The highest BCUT2D eigenvalue weighted by molar-refractivity contribution is 5.92. The summed E-state index contributed by atoms with van der Waals surface area (Å²) in [5.74, 6) is 0.0851. The van der Waals surface area contributed by atoms with Crippen molar-refractivity contribution in [1.29, 1.82) is 0 Å². The number of aryl methyl sites for hydroxylation is 1. The Balaban J connectivity index is 1.66. The van der Waals surface area contributed by atoms with E-state index in [1.54, 1.807) is 6.07 Å². The van der Waals surface area contributed by atoms with E-state index in [4.69, 9.17) is 0 Å². The van der Waals surface area contributed by atoms with E-state index in [0.717, 1.165) is 36.9 Å². The van der Waals surface area contributed by atoms with Gasteiger partial charge >= 0.3 is 0 Å². The standard InChI is InChI=1S/C22H26N2O2/c1-16-8-7-12-19(23-16)21(25)24-15-14-22(26,17-9-3-2-4-10-17)18-11-5-6-13-20(18)24/h2-4,7-10,12,18,20,26H,5-6,11,13-15H2,1H3/t18-,20-,22?/m0/s1. The van der Waals surface area contributed by atoms with Crippen LogP contribution in [-0.2, 0) is 5.60 Å². The molecule has 0 bridgehead atoms. The zero-order chi connectivity index (χ0) is 18.1. The van der Waals surface area contributed by atoms with E-state index in [-0.39, 0.29) is 17.9 Å². The summed E-state index contributed by atoms with van der Waals surface area (Å²) in [6, 6.07) is 15.7. The molecule has 1 unspecified atom stereocenters. The monoisotopic (exact) mass is 350 g/mol. The molecule has 1 aromatic carbocycles. The third-order valence-corrected chi connectivity index (χ3v) is 6.12. The van der Waals surface area contributed by atoms with E-state index in [1.807, 2.05) is 54.3 Å². The number of fused-ring (bicyclic) bond motifs is 1. The molecule has 0 radical (unpaired) electrons. The molecule has 0 spiro atoms. The van der Waals surface area contributed by atoms with Gasteiger partial charge in [0, 0.05) is 24.2 Å². The summed E-state index contributed by atoms with van der Waals surface area (Å²) in [6.07, 6.45) is 4.71. The second-order valence-corrected chi connectivity index (χ2v) is 7.66. The van der Waals surface area contributed by atoms with Crippen LogP contribution in [0.15, 0.2) is 48.5 Å². The molecule has 2 aliphatic rings. The fraction of sp³-hybridized carbons (Fsp3) is 0.455. The summed E-state index contributed by atoms with van der Waals surface area (Å²) in [6.45, 7) is 2.48. The van der Waals surface area contributed by atoms with Gasteiger partial charge in [-0.05, 0) is 43.9 Å². The number of hydrogen-bond donors (Lipinski definition) is 1. The largest absolute Gasteiger partial charge is 0.385 e. The van der Waals surface area contributed by atoms with Gasteiger partial charge in [0.2, 0.25) is 0 Å². The summed E-state index contributed by atoms with van der Waals surface area (Å²) in [4.78, 5) is 19.5. The average molecular weight is 350 g/mol. The Morgan fingerprint density at radius 1 is 1.12 bits per heavy atom. The van der Waals surface area contributed by atoms with Crippen LogP contribution in [0.25, 0.3) is 0 Å². The molecule has 1 aliphatic carbocycles. The molecule has 136 valence electrons. The molecule has 1 aromatic heterocycles. The molecule has 2 aromatic rings. The smallest absolute Gasteiger partial charge is 0.272 e. The number of rotatable bonds is 2. The SMILES string of the molecule is Cc1cccc(C(=O)N2CCC(O)(c3ccccc3)[C@H]3CCCC[C@@H]32)n1. The Kier molecular flexibility index (Phi) is 4.53. The van der Waals surface area contributed by atoms with Gasteiger partial charge in [-0.3, -0.25) is 4.79 Å². The van der Waals surface area contributed by atoms with Crippen LogP contribution in [0.2, 0.25) is 0 Å². The van der Waals surface area contributed by atoms with Gasteiger partial charge in [0.15, 0.2) is 0 Å². The minimum Gasteiger partial charge on any atom is -0.385 e. The van der Waals surface area contributed by atoms with Crippen molar-refractivity contribution in [3.05, 3.63) is 65.5 Å². The van der Waals surface area contributed by atoms with Crippen molar-refractivity contribution in [2.75, 3.05) is 6.54 Å². The van der Waals surface area contributed by atoms with E-state index in [2.05, 4.69) is 4.98 Å². The van der Waals surface area contributed by atoms with E-state index in [1.165, 1.54) is 0 Å². The zero-order valence-electron chi connectivity index (χ0n) is 15.3. The van der Waals surface area contributed by atoms with Gasteiger partial charge in [-0.25, -0.2) is 4.98 Å². The maximum absolute atomic E-state index is 13.1. The number of aromatic nitrogens is 1. The van der Waals surface area contributed by atoms with E-state index < -0.39 is 5.60 Å². The first kappa shape index (κ1) is 17.2. The summed E-state index contributed by atoms with van der Waals surface area (Å²) < 4.78 is 0. The Morgan fingerprint density at radius 3 is 2.65 bits per heavy atom. The lowest BCUT2D eigenvalue weighted by atomic mass is 9.66. The third kappa shape index (κ3) is 2.92. The quantitative estimate of drug-likeness (QED) is 0.899. The number of nitrogens with zero attached hydrogens (tertiary/aromatic N) is 2. The molecule has 1 saturated heterocycles. The van der Waals surface area contributed by atoms with Crippen LogP contribution in [0, 0.1) is 12.8 Å². The summed E-state index contributed by atoms with van der Waals surface area (Å²) in [7, 11) is 0. The lowest BCUT2D eigenvalue weighted by Gasteiger charge is -2.52. The molecule has 1 N–H and O–H groups in total. The number of aliphatic hydroxyl groups is 1. The Labute approximate surface area is 154 Å². The van der Waals surface area contributed by atoms with Crippen molar-refractivity contribution in [1.82, 2.24) is 9.88 Å². The van der Waals surface area contributed by atoms with Crippen LogP contribution in [0.4, 0.5) is 0 Å². The fourth-order valence-corrected chi connectivity index (χ4v) is 4.83. The van der Waals surface area contributed by atoms with Crippen LogP contribution >= 0.6 is 0 Å². The maximum Gasteiger partial charge on any atom is 0.272 e. The number of hydrogen-bond acceptors (Lipinski definition) is 3. The number of piperidine rings is 1. The molecule has 2 fully saturated rings.